The van der Waals surface area contributed by atoms with Gasteiger partial charge in [-0.3, -0.25) is 9.59 Å². The molecule has 1 heterocycles. The standard InChI is InChI=1S/C18H17NO2/c1-4-12-10(2)17(19-11(12)3)15-9-16(20)13-7-5-6-8-14(13)18(15)21/h5-9,19H,4H2,1-3H3. The Balaban J connectivity index is 2.17. The third kappa shape index (κ3) is 1.97. The van der Waals surface area contributed by atoms with Gasteiger partial charge in [-0.05, 0) is 37.5 Å². The van der Waals surface area contributed by atoms with Crippen molar-refractivity contribution in [3.05, 3.63) is 64.0 Å². The lowest BCUT2D eigenvalue weighted by Gasteiger charge is -2.14. The number of aryl methyl sites for hydroxylation is 1. The van der Waals surface area contributed by atoms with E-state index in [0.29, 0.717) is 16.7 Å². The van der Waals surface area contributed by atoms with Crippen molar-refractivity contribution in [2.45, 2.75) is 27.2 Å². The summed E-state index contributed by atoms with van der Waals surface area (Å²) in [6.07, 6.45) is 2.36. The Labute approximate surface area is 123 Å². The number of hydrogen-bond donors (Lipinski definition) is 1. The number of hydrogen-bond acceptors (Lipinski definition) is 2. The summed E-state index contributed by atoms with van der Waals surface area (Å²) < 4.78 is 0. The minimum Gasteiger partial charge on any atom is -0.358 e. The fourth-order valence-corrected chi connectivity index (χ4v) is 3.09. The molecule has 1 aromatic carbocycles. The lowest BCUT2D eigenvalue weighted by atomic mass is 9.87. The highest BCUT2D eigenvalue weighted by Gasteiger charge is 2.28. The van der Waals surface area contributed by atoms with E-state index in [1.54, 1.807) is 24.3 Å². The molecule has 0 unspecified atom stereocenters. The number of rotatable bonds is 2. The Hall–Kier alpha value is -2.42. The number of ketones is 2. The maximum atomic E-state index is 12.7. The van der Waals surface area contributed by atoms with Gasteiger partial charge < -0.3 is 4.98 Å². The van der Waals surface area contributed by atoms with E-state index >= 15 is 0 Å². The Bertz CT molecular complexity index is 794. The van der Waals surface area contributed by atoms with Crippen LogP contribution in [0.15, 0.2) is 30.3 Å². The fraction of sp³-hybridized carbons (Fsp3) is 0.222. The SMILES string of the molecule is CCc1c(C)[nH]c(C2=CC(=O)c3ccccc3C2=O)c1C. The molecular weight excluding hydrogens is 262 g/mol. The summed E-state index contributed by atoms with van der Waals surface area (Å²) in [4.78, 5) is 28.2. The average Bonchev–Trinajstić information content (AvgIpc) is 2.77. The van der Waals surface area contributed by atoms with E-state index in [0.717, 1.165) is 23.4 Å². The average molecular weight is 279 g/mol. The molecule has 0 aliphatic heterocycles. The van der Waals surface area contributed by atoms with E-state index in [9.17, 15) is 9.59 Å². The molecule has 0 saturated carbocycles. The Morgan fingerprint density at radius 1 is 1.05 bits per heavy atom. The first-order valence-electron chi connectivity index (χ1n) is 7.12. The van der Waals surface area contributed by atoms with E-state index in [2.05, 4.69) is 11.9 Å². The number of benzene rings is 1. The normalized spacial score (nSPS) is 14.1. The van der Waals surface area contributed by atoms with Crippen molar-refractivity contribution in [1.29, 1.82) is 0 Å². The van der Waals surface area contributed by atoms with Gasteiger partial charge in [-0.1, -0.05) is 31.2 Å². The summed E-state index contributed by atoms with van der Waals surface area (Å²) >= 11 is 0. The molecule has 1 aromatic heterocycles. The second-order valence-electron chi connectivity index (χ2n) is 5.38. The Kier molecular flexibility index (Phi) is 3.13. The first-order valence-corrected chi connectivity index (χ1v) is 7.12. The quantitative estimate of drug-likeness (QED) is 0.912. The van der Waals surface area contributed by atoms with Crippen molar-refractivity contribution in [3.8, 4) is 0 Å². The van der Waals surface area contributed by atoms with E-state index in [4.69, 9.17) is 0 Å². The zero-order valence-electron chi connectivity index (χ0n) is 12.4. The number of Topliss-reactive ketones (excluding diaryl/α,β-unsaturated/α-hetero) is 1. The van der Waals surface area contributed by atoms with Gasteiger partial charge >= 0.3 is 0 Å². The molecule has 0 amide bonds. The van der Waals surface area contributed by atoms with Gasteiger partial charge in [0.2, 0.25) is 0 Å². The Morgan fingerprint density at radius 3 is 2.33 bits per heavy atom. The number of fused-ring (bicyclic) bond motifs is 1. The molecule has 3 heteroatoms. The number of carbonyl (C=O) groups is 2. The van der Waals surface area contributed by atoms with Crippen LogP contribution in [0.3, 0.4) is 0 Å². The summed E-state index contributed by atoms with van der Waals surface area (Å²) in [6, 6.07) is 6.99. The van der Waals surface area contributed by atoms with Gasteiger partial charge in [0.25, 0.3) is 0 Å². The third-order valence-electron chi connectivity index (χ3n) is 4.17. The lowest BCUT2D eigenvalue weighted by molar-refractivity contribution is 0.100. The highest BCUT2D eigenvalue weighted by Crippen LogP contribution is 2.31. The van der Waals surface area contributed by atoms with Crippen molar-refractivity contribution in [1.82, 2.24) is 4.98 Å². The van der Waals surface area contributed by atoms with Gasteiger partial charge in [0.1, 0.15) is 0 Å². The third-order valence-corrected chi connectivity index (χ3v) is 4.17. The number of nitrogens with one attached hydrogen (secondary N) is 1. The molecule has 0 bridgehead atoms. The summed E-state index contributed by atoms with van der Waals surface area (Å²) in [5.41, 5.74) is 5.56. The van der Waals surface area contributed by atoms with Crippen molar-refractivity contribution in [2.75, 3.05) is 0 Å². The molecule has 0 spiro atoms. The molecule has 1 aliphatic rings. The van der Waals surface area contributed by atoms with Crippen molar-refractivity contribution in [3.63, 3.8) is 0 Å². The topological polar surface area (TPSA) is 49.9 Å². The number of carbonyl (C=O) groups excluding carboxylic acids is 2. The molecule has 0 saturated heterocycles. The number of H-pyrrole nitrogens is 1. The zero-order valence-corrected chi connectivity index (χ0v) is 12.4. The molecule has 3 nitrogen and oxygen atoms in total. The maximum Gasteiger partial charge on any atom is 0.196 e. The van der Waals surface area contributed by atoms with Crippen LogP contribution in [0.4, 0.5) is 0 Å². The highest BCUT2D eigenvalue weighted by atomic mass is 16.1. The molecule has 0 radical (unpaired) electrons. The van der Waals surface area contributed by atoms with Crippen LogP contribution in [0, 0.1) is 13.8 Å². The summed E-state index contributed by atoms with van der Waals surface area (Å²) in [7, 11) is 0. The van der Waals surface area contributed by atoms with Crippen molar-refractivity contribution in [2.24, 2.45) is 0 Å². The van der Waals surface area contributed by atoms with Crippen LogP contribution < -0.4 is 0 Å². The number of allylic oxidation sites excluding steroid dienone is 2. The van der Waals surface area contributed by atoms with Crippen LogP contribution in [0.5, 0.6) is 0 Å². The lowest BCUT2D eigenvalue weighted by Crippen LogP contribution is -2.16. The first kappa shape index (κ1) is 13.6. The maximum absolute atomic E-state index is 12.7. The predicted molar refractivity (Wildman–Crippen MR) is 82.7 cm³/mol. The van der Waals surface area contributed by atoms with E-state index in [-0.39, 0.29) is 11.6 Å². The van der Waals surface area contributed by atoms with Gasteiger partial charge in [0, 0.05) is 16.8 Å². The molecule has 106 valence electrons. The van der Waals surface area contributed by atoms with Crippen LogP contribution in [0.1, 0.15) is 50.2 Å². The minimum atomic E-state index is -0.107. The van der Waals surface area contributed by atoms with Crippen LogP contribution in [0.25, 0.3) is 5.57 Å². The molecule has 1 aliphatic carbocycles. The van der Waals surface area contributed by atoms with Gasteiger partial charge in [0.15, 0.2) is 11.6 Å². The molecule has 2 aromatic rings. The predicted octanol–water partition coefficient (Wildman–Crippen LogP) is 3.66. The summed E-state index contributed by atoms with van der Waals surface area (Å²) in [5, 5.41) is 0. The first-order chi connectivity index (χ1) is 10.0. The highest BCUT2D eigenvalue weighted by molar-refractivity contribution is 6.38. The molecule has 0 fully saturated rings. The van der Waals surface area contributed by atoms with Crippen LogP contribution in [0.2, 0.25) is 0 Å². The van der Waals surface area contributed by atoms with Gasteiger partial charge in [-0.2, -0.15) is 0 Å². The molecule has 21 heavy (non-hydrogen) atoms. The smallest absolute Gasteiger partial charge is 0.196 e. The van der Waals surface area contributed by atoms with Gasteiger partial charge in [-0.15, -0.1) is 0 Å². The van der Waals surface area contributed by atoms with E-state index in [1.807, 2.05) is 13.8 Å². The largest absolute Gasteiger partial charge is 0.358 e. The number of aromatic nitrogens is 1. The number of aromatic amines is 1. The second kappa shape index (κ2) is 4.85. The molecule has 1 N–H and O–H groups in total. The van der Waals surface area contributed by atoms with Gasteiger partial charge in [-0.25, -0.2) is 0 Å². The van der Waals surface area contributed by atoms with Crippen molar-refractivity contribution < 1.29 is 9.59 Å². The van der Waals surface area contributed by atoms with Crippen LogP contribution in [-0.2, 0) is 6.42 Å². The van der Waals surface area contributed by atoms with Crippen LogP contribution >= 0.6 is 0 Å². The zero-order chi connectivity index (χ0) is 15.1. The summed E-state index contributed by atoms with van der Waals surface area (Å²) in [5.74, 6) is -0.192. The monoisotopic (exact) mass is 279 g/mol. The summed E-state index contributed by atoms with van der Waals surface area (Å²) in [6.45, 7) is 6.08. The van der Waals surface area contributed by atoms with E-state index in [1.165, 1.54) is 11.6 Å². The molecule has 3 rings (SSSR count). The minimum absolute atomic E-state index is 0.0859. The molecular formula is C18H17NO2. The van der Waals surface area contributed by atoms with E-state index < -0.39 is 0 Å². The van der Waals surface area contributed by atoms with Gasteiger partial charge in [0.05, 0.1) is 11.3 Å². The molecule has 0 atom stereocenters. The Morgan fingerprint density at radius 2 is 1.71 bits per heavy atom. The fourth-order valence-electron chi connectivity index (χ4n) is 3.09. The van der Waals surface area contributed by atoms with Crippen molar-refractivity contribution >= 4 is 17.1 Å². The second-order valence-corrected chi connectivity index (χ2v) is 5.38. The van der Waals surface area contributed by atoms with Crippen LogP contribution in [-0.4, -0.2) is 16.6 Å².